The molecule has 7 heteroatoms. The van der Waals surface area contributed by atoms with Gasteiger partial charge in [0.15, 0.2) is 11.4 Å². The number of carbonyl (C=O) groups is 1. The lowest BCUT2D eigenvalue weighted by molar-refractivity contribution is -0.118. The third-order valence-corrected chi connectivity index (χ3v) is 5.19. The Bertz CT molecular complexity index is 1110. The van der Waals surface area contributed by atoms with Crippen LogP contribution in [0.15, 0.2) is 42.2 Å². The van der Waals surface area contributed by atoms with Gasteiger partial charge in [-0.3, -0.25) is 9.78 Å². The predicted octanol–water partition coefficient (Wildman–Crippen LogP) is 3.00. The number of ether oxygens (including phenoxy) is 1. The summed E-state index contributed by atoms with van der Waals surface area (Å²) in [6.45, 7) is 6.01. The molecule has 0 saturated carbocycles. The molecule has 3 aromatic rings. The fourth-order valence-electron chi connectivity index (χ4n) is 4.13. The van der Waals surface area contributed by atoms with Crippen LogP contribution in [-0.2, 0) is 4.79 Å². The van der Waals surface area contributed by atoms with E-state index in [-0.39, 0.29) is 17.1 Å². The lowest BCUT2D eigenvalue weighted by atomic mass is 9.70. The van der Waals surface area contributed by atoms with E-state index >= 15 is 0 Å². The van der Waals surface area contributed by atoms with E-state index in [2.05, 4.69) is 33.9 Å². The summed E-state index contributed by atoms with van der Waals surface area (Å²) < 4.78 is 7.80. The first-order valence-electron chi connectivity index (χ1n) is 8.99. The van der Waals surface area contributed by atoms with Crippen molar-refractivity contribution in [3.8, 4) is 5.88 Å². The number of allylic oxidation sites excluding steroid dienone is 2. The number of fused-ring (bicyclic) bond motifs is 3. The summed E-state index contributed by atoms with van der Waals surface area (Å²) in [5, 5.41) is 4.37. The predicted molar refractivity (Wildman–Crippen MR) is 97.3 cm³/mol. The fraction of sp³-hybridized carbons (Fsp3) is 0.350. The SMILES string of the molecule is Cc1nc2c3c(ncn2n1)OC1=C(C(=O)CC(C)(C)C1)[C@@H]3c1cccnc1. The molecule has 5 rings (SSSR count). The largest absolute Gasteiger partial charge is 0.442 e. The summed E-state index contributed by atoms with van der Waals surface area (Å²) in [5.74, 6) is 1.66. The maximum atomic E-state index is 13.2. The van der Waals surface area contributed by atoms with E-state index in [1.807, 2.05) is 19.1 Å². The Morgan fingerprint density at radius 3 is 2.93 bits per heavy atom. The van der Waals surface area contributed by atoms with Gasteiger partial charge in [0.05, 0.1) is 11.5 Å². The molecule has 1 aliphatic carbocycles. The lowest BCUT2D eigenvalue weighted by Crippen LogP contribution is -2.33. The number of hydrogen-bond donors (Lipinski definition) is 0. The number of ketones is 1. The minimum absolute atomic E-state index is 0.110. The Balaban J connectivity index is 1.82. The molecule has 27 heavy (non-hydrogen) atoms. The van der Waals surface area contributed by atoms with E-state index in [4.69, 9.17) is 4.74 Å². The van der Waals surface area contributed by atoms with Crippen LogP contribution in [0.3, 0.4) is 0 Å². The molecule has 0 radical (unpaired) electrons. The Morgan fingerprint density at radius 2 is 2.15 bits per heavy atom. The molecular formula is C20H19N5O2. The Hall–Kier alpha value is -3.09. The quantitative estimate of drug-likeness (QED) is 0.663. The van der Waals surface area contributed by atoms with Crippen LogP contribution < -0.4 is 4.74 Å². The van der Waals surface area contributed by atoms with Crippen molar-refractivity contribution >= 4 is 11.4 Å². The molecule has 4 heterocycles. The second kappa shape index (κ2) is 5.45. The highest BCUT2D eigenvalue weighted by Crippen LogP contribution is 2.50. The van der Waals surface area contributed by atoms with Crippen LogP contribution in [0.25, 0.3) is 5.65 Å². The first-order chi connectivity index (χ1) is 12.9. The molecule has 0 unspecified atom stereocenters. The Kier molecular flexibility index (Phi) is 3.25. The molecule has 1 aliphatic heterocycles. The third kappa shape index (κ3) is 2.45. The second-order valence-corrected chi connectivity index (χ2v) is 7.99. The van der Waals surface area contributed by atoms with Gasteiger partial charge in [0.2, 0.25) is 5.88 Å². The molecule has 7 nitrogen and oxygen atoms in total. The van der Waals surface area contributed by atoms with Crippen molar-refractivity contribution in [1.29, 1.82) is 0 Å². The molecule has 0 fully saturated rings. The summed E-state index contributed by atoms with van der Waals surface area (Å²) in [4.78, 5) is 26.5. The lowest BCUT2D eigenvalue weighted by Gasteiger charge is -2.37. The average molecular weight is 361 g/mol. The van der Waals surface area contributed by atoms with Crippen molar-refractivity contribution in [3.05, 3.63) is 59.1 Å². The van der Waals surface area contributed by atoms with E-state index in [1.54, 1.807) is 23.2 Å². The molecule has 2 aliphatic rings. The zero-order valence-electron chi connectivity index (χ0n) is 15.4. The van der Waals surface area contributed by atoms with Gasteiger partial charge < -0.3 is 4.74 Å². The van der Waals surface area contributed by atoms with Crippen LogP contribution in [0.5, 0.6) is 5.88 Å². The van der Waals surface area contributed by atoms with Gasteiger partial charge in [-0.15, -0.1) is 0 Å². The summed E-state index contributed by atoms with van der Waals surface area (Å²) in [5.41, 5.74) is 2.93. The number of carbonyl (C=O) groups excluding carboxylic acids is 1. The van der Waals surface area contributed by atoms with E-state index < -0.39 is 0 Å². The van der Waals surface area contributed by atoms with Crippen LogP contribution in [-0.4, -0.2) is 30.3 Å². The summed E-state index contributed by atoms with van der Waals surface area (Å²) in [7, 11) is 0. The minimum Gasteiger partial charge on any atom is -0.442 e. The molecule has 0 N–H and O–H groups in total. The van der Waals surface area contributed by atoms with Crippen LogP contribution in [0.2, 0.25) is 0 Å². The summed E-state index contributed by atoms with van der Waals surface area (Å²) in [6.07, 6.45) is 6.32. The Morgan fingerprint density at radius 1 is 1.30 bits per heavy atom. The highest BCUT2D eigenvalue weighted by Gasteiger charge is 2.43. The third-order valence-electron chi connectivity index (χ3n) is 5.19. The number of rotatable bonds is 1. The van der Waals surface area contributed by atoms with Crippen LogP contribution >= 0.6 is 0 Å². The number of aryl methyl sites for hydroxylation is 1. The zero-order valence-corrected chi connectivity index (χ0v) is 15.4. The van der Waals surface area contributed by atoms with E-state index in [1.165, 1.54) is 0 Å². The molecule has 136 valence electrons. The normalized spacial score (nSPS) is 21.0. The highest BCUT2D eigenvalue weighted by molar-refractivity contribution is 6.00. The van der Waals surface area contributed by atoms with Gasteiger partial charge in [-0.05, 0) is 24.0 Å². The fourth-order valence-corrected chi connectivity index (χ4v) is 4.13. The van der Waals surface area contributed by atoms with Gasteiger partial charge in [-0.2, -0.15) is 5.10 Å². The number of Topliss-reactive ketones (excluding diaryl/α,β-unsaturated/α-hetero) is 1. The maximum Gasteiger partial charge on any atom is 0.228 e. The van der Waals surface area contributed by atoms with Gasteiger partial charge in [0.25, 0.3) is 0 Å². The van der Waals surface area contributed by atoms with Crippen molar-refractivity contribution in [2.24, 2.45) is 5.41 Å². The van der Waals surface area contributed by atoms with Crippen LogP contribution in [0.1, 0.15) is 49.6 Å². The molecule has 1 atom stereocenters. The summed E-state index contributed by atoms with van der Waals surface area (Å²) in [6, 6.07) is 3.86. The smallest absolute Gasteiger partial charge is 0.228 e. The standard InChI is InChI=1S/C20H19N5O2/c1-11-23-18-17-15(12-5-4-6-21-9-12)16-13(26)7-20(2,3)8-14(16)27-19(17)22-10-25(18)24-11/h4-6,9-10,15H,7-8H2,1-3H3/t15-/m0/s1. The van der Waals surface area contributed by atoms with Crippen molar-refractivity contribution in [2.45, 2.75) is 39.5 Å². The molecular weight excluding hydrogens is 342 g/mol. The van der Waals surface area contributed by atoms with E-state index in [0.717, 1.165) is 11.1 Å². The minimum atomic E-state index is -0.305. The number of nitrogens with zero attached hydrogens (tertiary/aromatic N) is 5. The number of pyridine rings is 1. The van der Waals surface area contributed by atoms with E-state index in [0.29, 0.717) is 41.5 Å². The Labute approximate surface area is 156 Å². The highest BCUT2D eigenvalue weighted by atomic mass is 16.5. The van der Waals surface area contributed by atoms with Gasteiger partial charge >= 0.3 is 0 Å². The zero-order chi connectivity index (χ0) is 18.8. The first kappa shape index (κ1) is 16.1. The summed E-state index contributed by atoms with van der Waals surface area (Å²) >= 11 is 0. The molecule has 0 aromatic carbocycles. The van der Waals surface area contributed by atoms with Crippen molar-refractivity contribution in [3.63, 3.8) is 0 Å². The monoisotopic (exact) mass is 361 g/mol. The topological polar surface area (TPSA) is 82.3 Å². The van der Waals surface area contributed by atoms with Crippen molar-refractivity contribution < 1.29 is 9.53 Å². The molecule has 0 amide bonds. The van der Waals surface area contributed by atoms with Crippen LogP contribution in [0, 0.1) is 12.3 Å². The van der Waals surface area contributed by atoms with Gasteiger partial charge in [-0.1, -0.05) is 19.9 Å². The van der Waals surface area contributed by atoms with Crippen molar-refractivity contribution in [1.82, 2.24) is 24.6 Å². The van der Waals surface area contributed by atoms with Gasteiger partial charge in [0.1, 0.15) is 17.9 Å². The molecule has 0 saturated heterocycles. The number of aromatic nitrogens is 5. The van der Waals surface area contributed by atoms with Crippen molar-refractivity contribution in [2.75, 3.05) is 0 Å². The molecule has 3 aromatic heterocycles. The van der Waals surface area contributed by atoms with Gasteiger partial charge in [0, 0.05) is 30.8 Å². The number of hydrogen-bond acceptors (Lipinski definition) is 6. The molecule has 0 spiro atoms. The maximum absolute atomic E-state index is 13.2. The van der Waals surface area contributed by atoms with Gasteiger partial charge in [-0.25, -0.2) is 14.5 Å². The second-order valence-electron chi connectivity index (χ2n) is 7.99. The average Bonchev–Trinajstić information content (AvgIpc) is 3.00. The molecule has 0 bridgehead atoms. The van der Waals surface area contributed by atoms with E-state index in [9.17, 15) is 4.79 Å². The first-order valence-corrected chi connectivity index (χ1v) is 8.99. The van der Waals surface area contributed by atoms with Crippen LogP contribution in [0.4, 0.5) is 0 Å².